The van der Waals surface area contributed by atoms with Crippen molar-refractivity contribution in [2.24, 2.45) is 11.8 Å². The number of halogens is 2. The first-order valence-corrected chi connectivity index (χ1v) is 6.24. The predicted octanol–water partition coefficient (Wildman–Crippen LogP) is 3.58. The Kier molecular flexibility index (Phi) is 4.31. The van der Waals surface area contributed by atoms with Gasteiger partial charge in [-0.25, -0.2) is 0 Å². The van der Waals surface area contributed by atoms with Crippen LogP contribution in [0.4, 0.5) is 0 Å². The lowest BCUT2D eigenvalue weighted by Crippen LogP contribution is -2.21. The lowest BCUT2D eigenvalue weighted by atomic mass is 9.82. The molecule has 1 aliphatic rings. The third-order valence-corrected chi connectivity index (χ3v) is 4.13. The summed E-state index contributed by atoms with van der Waals surface area (Å²) in [6, 6.07) is 0. The van der Waals surface area contributed by atoms with Crippen molar-refractivity contribution in [3.05, 3.63) is 0 Å². The highest BCUT2D eigenvalue weighted by Crippen LogP contribution is 2.32. The fraction of sp³-hybridized carbons (Fsp3) is 1.00. The normalized spacial score (nSPS) is 34.2. The standard InChI is InChI=1S/C8H14Br2/c9-5-7-3-1-2-4-8(7)6-10/h7-8H,1-6H2/t7-,8-/m0/s1. The summed E-state index contributed by atoms with van der Waals surface area (Å²) < 4.78 is 0. The minimum Gasteiger partial charge on any atom is -0.0925 e. The summed E-state index contributed by atoms with van der Waals surface area (Å²) in [6.07, 6.45) is 5.75. The van der Waals surface area contributed by atoms with Gasteiger partial charge in [0.1, 0.15) is 0 Å². The van der Waals surface area contributed by atoms with Crippen molar-refractivity contribution in [1.82, 2.24) is 0 Å². The van der Waals surface area contributed by atoms with Crippen molar-refractivity contribution in [2.45, 2.75) is 25.7 Å². The second-order valence-corrected chi connectivity index (χ2v) is 4.41. The van der Waals surface area contributed by atoms with Gasteiger partial charge in [-0.3, -0.25) is 0 Å². The lowest BCUT2D eigenvalue weighted by molar-refractivity contribution is 0.290. The summed E-state index contributed by atoms with van der Waals surface area (Å²) in [4.78, 5) is 0. The van der Waals surface area contributed by atoms with Crippen molar-refractivity contribution in [3.63, 3.8) is 0 Å². The zero-order valence-electron chi connectivity index (χ0n) is 6.15. The predicted molar refractivity (Wildman–Crippen MR) is 53.0 cm³/mol. The molecule has 2 heteroatoms. The first-order chi connectivity index (χ1) is 4.88. The van der Waals surface area contributed by atoms with E-state index in [9.17, 15) is 0 Å². The van der Waals surface area contributed by atoms with E-state index in [1.807, 2.05) is 0 Å². The molecule has 10 heavy (non-hydrogen) atoms. The van der Waals surface area contributed by atoms with Crippen molar-refractivity contribution in [2.75, 3.05) is 10.7 Å². The highest BCUT2D eigenvalue weighted by atomic mass is 79.9. The van der Waals surface area contributed by atoms with Crippen molar-refractivity contribution < 1.29 is 0 Å². The molecule has 1 saturated carbocycles. The van der Waals surface area contributed by atoms with Gasteiger partial charge in [-0.1, -0.05) is 44.7 Å². The van der Waals surface area contributed by atoms with Gasteiger partial charge in [-0.2, -0.15) is 0 Å². The van der Waals surface area contributed by atoms with Crippen LogP contribution in [0.3, 0.4) is 0 Å². The quantitative estimate of drug-likeness (QED) is 0.673. The van der Waals surface area contributed by atoms with E-state index in [1.54, 1.807) is 0 Å². The average molecular weight is 270 g/mol. The van der Waals surface area contributed by atoms with Gasteiger partial charge in [-0.15, -0.1) is 0 Å². The third-order valence-electron chi connectivity index (χ3n) is 2.46. The van der Waals surface area contributed by atoms with Crippen LogP contribution in [0.2, 0.25) is 0 Å². The summed E-state index contributed by atoms with van der Waals surface area (Å²) in [5.74, 6) is 1.88. The Morgan fingerprint density at radius 1 is 0.900 bits per heavy atom. The molecule has 0 heterocycles. The van der Waals surface area contributed by atoms with Crippen LogP contribution in [0.25, 0.3) is 0 Å². The van der Waals surface area contributed by atoms with Gasteiger partial charge in [0.25, 0.3) is 0 Å². The molecule has 0 N–H and O–H groups in total. The molecule has 0 saturated heterocycles. The Morgan fingerprint density at radius 3 is 1.60 bits per heavy atom. The topological polar surface area (TPSA) is 0 Å². The van der Waals surface area contributed by atoms with Crippen molar-refractivity contribution in [1.29, 1.82) is 0 Å². The summed E-state index contributed by atoms with van der Waals surface area (Å²) in [5, 5.41) is 2.40. The van der Waals surface area contributed by atoms with Gasteiger partial charge in [0, 0.05) is 10.7 Å². The maximum atomic E-state index is 3.57. The molecule has 2 atom stereocenters. The van der Waals surface area contributed by atoms with Crippen molar-refractivity contribution in [3.8, 4) is 0 Å². The molecule has 1 aliphatic carbocycles. The van der Waals surface area contributed by atoms with E-state index in [-0.39, 0.29) is 0 Å². The molecular formula is C8H14Br2. The van der Waals surface area contributed by atoms with Crippen LogP contribution < -0.4 is 0 Å². The van der Waals surface area contributed by atoms with Gasteiger partial charge in [0.2, 0.25) is 0 Å². The van der Waals surface area contributed by atoms with Gasteiger partial charge in [-0.05, 0) is 24.7 Å². The second kappa shape index (κ2) is 4.76. The highest BCUT2D eigenvalue weighted by Gasteiger charge is 2.22. The Balaban J connectivity index is 2.34. The third kappa shape index (κ3) is 2.23. The molecule has 1 fully saturated rings. The summed E-state index contributed by atoms with van der Waals surface area (Å²) >= 11 is 7.14. The maximum Gasteiger partial charge on any atom is 0.00626 e. The zero-order valence-corrected chi connectivity index (χ0v) is 9.33. The van der Waals surface area contributed by atoms with Gasteiger partial charge >= 0.3 is 0 Å². The fourth-order valence-corrected chi connectivity index (χ4v) is 3.40. The molecule has 0 spiro atoms. The van der Waals surface area contributed by atoms with Crippen LogP contribution in [-0.2, 0) is 0 Å². The molecule has 0 unspecified atom stereocenters. The molecule has 1 rings (SSSR count). The van der Waals surface area contributed by atoms with Crippen LogP contribution in [0, 0.1) is 11.8 Å². The molecule has 0 aromatic carbocycles. The fourth-order valence-electron chi connectivity index (χ4n) is 1.69. The minimum atomic E-state index is 0.938. The molecule has 0 nitrogen and oxygen atoms in total. The van der Waals surface area contributed by atoms with Crippen LogP contribution in [0.5, 0.6) is 0 Å². The van der Waals surface area contributed by atoms with E-state index >= 15 is 0 Å². The number of rotatable bonds is 2. The molecule has 0 aromatic heterocycles. The first-order valence-electron chi connectivity index (χ1n) is 4.00. The molecular weight excluding hydrogens is 256 g/mol. The number of alkyl halides is 2. The van der Waals surface area contributed by atoms with Crippen LogP contribution in [-0.4, -0.2) is 10.7 Å². The van der Waals surface area contributed by atoms with Crippen molar-refractivity contribution >= 4 is 31.9 Å². The molecule has 0 aromatic rings. The van der Waals surface area contributed by atoms with Crippen LogP contribution in [0.1, 0.15) is 25.7 Å². The molecule has 0 bridgehead atoms. The highest BCUT2D eigenvalue weighted by molar-refractivity contribution is 9.09. The lowest BCUT2D eigenvalue weighted by Gasteiger charge is -2.28. The first kappa shape index (κ1) is 9.05. The Labute approximate surface area is 80.0 Å². The largest absolute Gasteiger partial charge is 0.0925 e. The Hall–Kier alpha value is 0.960. The van der Waals surface area contributed by atoms with Gasteiger partial charge < -0.3 is 0 Å². The second-order valence-electron chi connectivity index (χ2n) is 3.11. The van der Waals surface area contributed by atoms with E-state index in [1.165, 1.54) is 36.3 Å². The van der Waals surface area contributed by atoms with E-state index < -0.39 is 0 Å². The monoisotopic (exact) mass is 268 g/mol. The Morgan fingerprint density at radius 2 is 1.30 bits per heavy atom. The van der Waals surface area contributed by atoms with E-state index in [0.717, 1.165) is 11.8 Å². The summed E-state index contributed by atoms with van der Waals surface area (Å²) in [5.41, 5.74) is 0. The molecule has 0 aliphatic heterocycles. The van der Waals surface area contributed by atoms with Crippen LogP contribution in [0.15, 0.2) is 0 Å². The summed E-state index contributed by atoms with van der Waals surface area (Å²) in [6.45, 7) is 0. The molecule has 0 radical (unpaired) electrons. The number of hydrogen-bond acceptors (Lipinski definition) is 0. The minimum absolute atomic E-state index is 0.938. The average Bonchev–Trinajstić information content (AvgIpc) is 2.04. The number of hydrogen-bond donors (Lipinski definition) is 0. The molecule has 60 valence electrons. The smallest absolute Gasteiger partial charge is 0.00626 e. The van der Waals surface area contributed by atoms with Gasteiger partial charge in [0.05, 0.1) is 0 Å². The maximum absolute atomic E-state index is 3.57. The summed E-state index contributed by atoms with van der Waals surface area (Å²) in [7, 11) is 0. The van der Waals surface area contributed by atoms with E-state index in [4.69, 9.17) is 0 Å². The van der Waals surface area contributed by atoms with E-state index in [2.05, 4.69) is 31.9 Å². The Bertz CT molecular complexity index is 81.3. The molecule has 0 amide bonds. The zero-order chi connectivity index (χ0) is 7.40. The van der Waals surface area contributed by atoms with Gasteiger partial charge in [0.15, 0.2) is 0 Å². The van der Waals surface area contributed by atoms with Crippen LogP contribution >= 0.6 is 31.9 Å². The van der Waals surface area contributed by atoms with E-state index in [0.29, 0.717) is 0 Å². The SMILES string of the molecule is BrC[C@@H]1CCCC[C@H]1CBr.